The third-order valence-electron chi connectivity index (χ3n) is 4.53. The summed E-state index contributed by atoms with van der Waals surface area (Å²) in [6.45, 7) is 9.05. The number of guanidine groups is 1. The highest BCUT2D eigenvalue weighted by Crippen LogP contribution is 2.14. The van der Waals surface area contributed by atoms with Crippen molar-refractivity contribution in [3.63, 3.8) is 0 Å². The Kier molecular flexibility index (Phi) is 8.05. The second-order valence-electron chi connectivity index (χ2n) is 6.73. The van der Waals surface area contributed by atoms with Gasteiger partial charge in [-0.3, -0.25) is 0 Å². The second-order valence-corrected chi connectivity index (χ2v) is 6.73. The molecule has 0 saturated heterocycles. The molecule has 6 heteroatoms. The van der Waals surface area contributed by atoms with Crippen molar-refractivity contribution in [3.05, 3.63) is 11.6 Å². The summed E-state index contributed by atoms with van der Waals surface area (Å²) in [7, 11) is 0. The number of unbranched alkanes of at least 4 members (excludes halogenated alkanes) is 2. The van der Waals surface area contributed by atoms with E-state index < -0.39 is 0 Å². The molecule has 0 amide bonds. The monoisotopic (exact) mass is 334 g/mol. The standard InChI is InChI=1S/C18H34N6/c1-4-6-8-11-15(3)21-18(19-5-2)20-14-17-23-22-16-12-9-7-10-13-24(16)17/h15H,4-14H2,1-3H3,(H2,19,20,21). The molecule has 1 aliphatic rings. The van der Waals surface area contributed by atoms with E-state index in [2.05, 4.69) is 46.2 Å². The Morgan fingerprint density at radius 2 is 2.08 bits per heavy atom. The van der Waals surface area contributed by atoms with Crippen molar-refractivity contribution in [2.45, 2.75) is 91.3 Å². The van der Waals surface area contributed by atoms with Crippen molar-refractivity contribution in [1.82, 2.24) is 25.4 Å². The zero-order valence-electron chi connectivity index (χ0n) is 15.6. The number of rotatable bonds is 8. The normalized spacial score (nSPS) is 16.4. The smallest absolute Gasteiger partial charge is 0.191 e. The maximum atomic E-state index is 4.73. The summed E-state index contributed by atoms with van der Waals surface area (Å²) in [5, 5.41) is 15.6. The van der Waals surface area contributed by atoms with E-state index in [-0.39, 0.29) is 0 Å². The van der Waals surface area contributed by atoms with E-state index in [9.17, 15) is 0 Å². The highest BCUT2D eigenvalue weighted by Gasteiger charge is 2.14. The number of nitrogens with zero attached hydrogens (tertiary/aromatic N) is 4. The lowest BCUT2D eigenvalue weighted by Gasteiger charge is -2.17. The van der Waals surface area contributed by atoms with Crippen LogP contribution in [0.3, 0.4) is 0 Å². The summed E-state index contributed by atoms with van der Waals surface area (Å²) in [4.78, 5) is 4.73. The van der Waals surface area contributed by atoms with Crippen LogP contribution in [0, 0.1) is 0 Å². The van der Waals surface area contributed by atoms with Gasteiger partial charge in [-0.25, -0.2) is 4.99 Å². The molecule has 24 heavy (non-hydrogen) atoms. The molecule has 0 spiro atoms. The Hall–Kier alpha value is -1.59. The molecule has 1 aliphatic heterocycles. The first kappa shape index (κ1) is 18.7. The molecule has 136 valence electrons. The number of aryl methyl sites for hydroxylation is 1. The molecule has 0 aromatic carbocycles. The molecule has 0 radical (unpaired) electrons. The quantitative estimate of drug-likeness (QED) is 0.436. The van der Waals surface area contributed by atoms with Crippen molar-refractivity contribution in [3.8, 4) is 0 Å². The van der Waals surface area contributed by atoms with Gasteiger partial charge in [0.25, 0.3) is 0 Å². The summed E-state index contributed by atoms with van der Waals surface area (Å²) >= 11 is 0. The van der Waals surface area contributed by atoms with E-state index >= 15 is 0 Å². The molecule has 2 rings (SSSR count). The van der Waals surface area contributed by atoms with E-state index in [4.69, 9.17) is 4.99 Å². The molecule has 6 nitrogen and oxygen atoms in total. The zero-order chi connectivity index (χ0) is 17.2. The van der Waals surface area contributed by atoms with Gasteiger partial charge < -0.3 is 15.2 Å². The number of nitrogens with one attached hydrogen (secondary N) is 2. The summed E-state index contributed by atoms with van der Waals surface area (Å²) in [5.41, 5.74) is 0. The molecule has 0 saturated carbocycles. The largest absolute Gasteiger partial charge is 0.357 e. The maximum absolute atomic E-state index is 4.73. The zero-order valence-corrected chi connectivity index (χ0v) is 15.6. The fraction of sp³-hybridized carbons (Fsp3) is 0.833. The van der Waals surface area contributed by atoms with Crippen molar-refractivity contribution in [1.29, 1.82) is 0 Å². The molecule has 0 bridgehead atoms. The van der Waals surface area contributed by atoms with Crippen molar-refractivity contribution < 1.29 is 0 Å². The first-order chi connectivity index (χ1) is 11.7. The van der Waals surface area contributed by atoms with Gasteiger partial charge in [-0.15, -0.1) is 10.2 Å². The van der Waals surface area contributed by atoms with Crippen LogP contribution in [0.15, 0.2) is 4.99 Å². The van der Waals surface area contributed by atoms with Gasteiger partial charge in [-0.2, -0.15) is 0 Å². The first-order valence-electron chi connectivity index (χ1n) is 9.70. The second kappa shape index (κ2) is 10.3. The SMILES string of the molecule is CCCCCC(C)NC(=NCc1nnc2n1CCCCC2)NCC. The van der Waals surface area contributed by atoms with Crippen LogP contribution in [0.25, 0.3) is 0 Å². The summed E-state index contributed by atoms with van der Waals surface area (Å²) in [6, 6.07) is 0.435. The molecule has 1 aromatic rings. The Morgan fingerprint density at radius 1 is 1.21 bits per heavy atom. The van der Waals surface area contributed by atoms with E-state index in [1.807, 2.05) is 0 Å². The fourth-order valence-electron chi connectivity index (χ4n) is 3.14. The lowest BCUT2D eigenvalue weighted by Crippen LogP contribution is -2.42. The highest BCUT2D eigenvalue weighted by molar-refractivity contribution is 5.79. The predicted molar refractivity (Wildman–Crippen MR) is 99.1 cm³/mol. The van der Waals surface area contributed by atoms with E-state index in [1.165, 1.54) is 44.9 Å². The van der Waals surface area contributed by atoms with Crippen molar-refractivity contribution >= 4 is 5.96 Å². The highest BCUT2D eigenvalue weighted by atomic mass is 15.3. The molecule has 0 fully saturated rings. The molecule has 2 heterocycles. The van der Waals surface area contributed by atoms with E-state index in [0.717, 1.165) is 37.1 Å². The number of fused-ring (bicyclic) bond motifs is 1. The van der Waals surface area contributed by atoms with Gasteiger partial charge in [0.1, 0.15) is 12.4 Å². The van der Waals surface area contributed by atoms with Crippen LogP contribution in [0.2, 0.25) is 0 Å². The molecule has 1 unspecified atom stereocenters. The maximum Gasteiger partial charge on any atom is 0.191 e. The van der Waals surface area contributed by atoms with Gasteiger partial charge in [-0.05, 0) is 33.1 Å². The molecule has 0 aliphatic carbocycles. The van der Waals surface area contributed by atoms with Gasteiger partial charge in [-0.1, -0.05) is 32.6 Å². The Labute approximate surface area is 146 Å². The molecule has 1 aromatic heterocycles. The van der Waals surface area contributed by atoms with Crippen LogP contribution in [-0.4, -0.2) is 33.3 Å². The fourth-order valence-corrected chi connectivity index (χ4v) is 3.14. The summed E-state index contributed by atoms with van der Waals surface area (Å²) in [6.07, 6.45) is 9.77. The third-order valence-corrected chi connectivity index (χ3v) is 4.53. The minimum absolute atomic E-state index is 0.435. The Morgan fingerprint density at radius 3 is 2.88 bits per heavy atom. The summed E-state index contributed by atoms with van der Waals surface area (Å²) < 4.78 is 2.27. The molecule has 2 N–H and O–H groups in total. The van der Waals surface area contributed by atoms with E-state index in [1.54, 1.807) is 0 Å². The van der Waals surface area contributed by atoms with Crippen LogP contribution in [0.5, 0.6) is 0 Å². The third kappa shape index (κ3) is 5.80. The number of hydrogen-bond acceptors (Lipinski definition) is 3. The van der Waals surface area contributed by atoms with Crippen LogP contribution in [-0.2, 0) is 19.5 Å². The molecule has 1 atom stereocenters. The van der Waals surface area contributed by atoms with Gasteiger partial charge in [0.05, 0.1) is 0 Å². The number of hydrogen-bond donors (Lipinski definition) is 2. The average Bonchev–Trinajstić information content (AvgIpc) is 2.79. The molecular formula is C18H34N6. The predicted octanol–water partition coefficient (Wildman–Crippen LogP) is 3.03. The minimum Gasteiger partial charge on any atom is -0.357 e. The van der Waals surface area contributed by atoms with Gasteiger partial charge >= 0.3 is 0 Å². The lowest BCUT2D eigenvalue weighted by molar-refractivity contribution is 0.546. The van der Waals surface area contributed by atoms with Crippen molar-refractivity contribution in [2.24, 2.45) is 4.99 Å². The number of aromatic nitrogens is 3. The van der Waals surface area contributed by atoms with Crippen LogP contribution in [0.1, 0.15) is 77.4 Å². The Bertz CT molecular complexity index is 508. The van der Waals surface area contributed by atoms with Crippen LogP contribution < -0.4 is 10.6 Å². The minimum atomic E-state index is 0.435. The van der Waals surface area contributed by atoms with Gasteiger partial charge in [0.15, 0.2) is 11.8 Å². The van der Waals surface area contributed by atoms with Gasteiger partial charge in [0, 0.05) is 25.6 Å². The average molecular weight is 335 g/mol. The Balaban J connectivity index is 1.94. The lowest BCUT2D eigenvalue weighted by atomic mass is 10.1. The number of aliphatic imine (C=N–C) groups is 1. The van der Waals surface area contributed by atoms with Crippen molar-refractivity contribution in [2.75, 3.05) is 6.54 Å². The van der Waals surface area contributed by atoms with Crippen LogP contribution >= 0.6 is 0 Å². The summed E-state index contributed by atoms with van der Waals surface area (Å²) in [5.74, 6) is 3.00. The van der Waals surface area contributed by atoms with Crippen LogP contribution in [0.4, 0.5) is 0 Å². The van der Waals surface area contributed by atoms with E-state index in [0.29, 0.717) is 12.6 Å². The first-order valence-corrected chi connectivity index (χ1v) is 9.70. The molecular weight excluding hydrogens is 300 g/mol. The van der Waals surface area contributed by atoms with Gasteiger partial charge in [0.2, 0.25) is 0 Å². The topological polar surface area (TPSA) is 67.1 Å².